The quantitative estimate of drug-likeness (QED) is 0.867. The number of aromatic nitrogens is 2. The number of hydrogen-bond donors (Lipinski definition) is 1. The smallest absolute Gasteiger partial charge is 0.234 e. The number of ether oxygens (including phenoxy) is 1. The summed E-state index contributed by atoms with van der Waals surface area (Å²) in [7, 11) is 1.67. The van der Waals surface area contributed by atoms with E-state index in [1.54, 1.807) is 7.11 Å². The van der Waals surface area contributed by atoms with E-state index in [0.29, 0.717) is 18.3 Å². The first-order valence-electron chi connectivity index (χ1n) is 6.00. The second-order valence-electron chi connectivity index (χ2n) is 5.92. The van der Waals surface area contributed by atoms with Gasteiger partial charge in [0.25, 0.3) is 0 Å². The van der Waals surface area contributed by atoms with Crippen molar-refractivity contribution in [1.82, 2.24) is 10.1 Å². The fourth-order valence-electron chi connectivity index (χ4n) is 2.06. The zero-order chi connectivity index (χ0) is 12.7. The molecule has 5 heteroatoms. The van der Waals surface area contributed by atoms with E-state index in [-0.39, 0.29) is 16.9 Å². The van der Waals surface area contributed by atoms with Crippen LogP contribution in [0.1, 0.15) is 51.4 Å². The van der Waals surface area contributed by atoms with Crippen molar-refractivity contribution in [1.29, 1.82) is 0 Å². The largest absolute Gasteiger partial charge is 0.373 e. The minimum absolute atomic E-state index is 0.0541. The van der Waals surface area contributed by atoms with Crippen LogP contribution in [0.4, 0.5) is 0 Å². The molecule has 1 unspecified atom stereocenters. The van der Waals surface area contributed by atoms with Gasteiger partial charge in [-0.15, -0.1) is 0 Å². The molecular formula is C12H21N3O2. The molecule has 1 saturated carbocycles. The Labute approximate surface area is 102 Å². The molecule has 1 aliphatic rings. The molecule has 1 fully saturated rings. The molecule has 1 aromatic rings. The van der Waals surface area contributed by atoms with Gasteiger partial charge in [-0.1, -0.05) is 25.9 Å². The van der Waals surface area contributed by atoms with Gasteiger partial charge in [-0.25, -0.2) is 0 Å². The molecule has 0 radical (unpaired) electrons. The first-order chi connectivity index (χ1) is 7.93. The second-order valence-corrected chi connectivity index (χ2v) is 5.92. The van der Waals surface area contributed by atoms with Crippen molar-refractivity contribution < 1.29 is 9.26 Å². The Hall–Kier alpha value is -0.940. The Morgan fingerprint density at radius 3 is 2.53 bits per heavy atom. The van der Waals surface area contributed by atoms with Gasteiger partial charge in [0.15, 0.2) is 0 Å². The van der Waals surface area contributed by atoms with Crippen LogP contribution in [0.25, 0.3) is 0 Å². The third-order valence-electron chi connectivity index (χ3n) is 3.40. The summed E-state index contributed by atoms with van der Waals surface area (Å²) < 4.78 is 10.8. The van der Waals surface area contributed by atoms with E-state index in [2.05, 4.69) is 30.9 Å². The first kappa shape index (κ1) is 12.5. The average Bonchev–Trinajstić information content (AvgIpc) is 2.91. The predicted molar refractivity (Wildman–Crippen MR) is 63.5 cm³/mol. The number of nitrogens with zero attached hydrogens (tertiary/aromatic N) is 2. The molecule has 1 atom stereocenters. The first-order valence-corrected chi connectivity index (χ1v) is 6.00. The van der Waals surface area contributed by atoms with Crippen molar-refractivity contribution in [3.8, 4) is 0 Å². The molecule has 1 aliphatic carbocycles. The highest BCUT2D eigenvalue weighted by Gasteiger charge is 2.48. The molecule has 1 heterocycles. The fourth-order valence-corrected chi connectivity index (χ4v) is 2.06. The van der Waals surface area contributed by atoms with Crippen molar-refractivity contribution in [3.63, 3.8) is 0 Å². The normalized spacial score (nSPS) is 20.3. The maximum absolute atomic E-state index is 5.75. The van der Waals surface area contributed by atoms with Gasteiger partial charge in [-0.2, -0.15) is 4.98 Å². The number of hydrogen-bond acceptors (Lipinski definition) is 5. The molecule has 17 heavy (non-hydrogen) atoms. The minimum atomic E-state index is -0.159. The van der Waals surface area contributed by atoms with Crippen LogP contribution in [0.3, 0.4) is 0 Å². The molecule has 0 saturated heterocycles. The Bertz CT molecular complexity index is 391. The average molecular weight is 239 g/mol. The SMILES string of the molecule is COC(c1noc(C2(CN)CC2)n1)C(C)(C)C. The van der Waals surface area contributed by atoms with Crippen molar-refractivity contribution in [2.24, 2.45) is 11.1 Å². The van der Waals surface area contributed by atoms with E-state index < -0.39 is 0 Å². The van der Waals surface area contributed by atoms with Crippen LogP contribution in [-0.4, -0.2) is 23.8 Å². The van der Waals surface area contributed by atoms with E-state index in [0.717, 1.165) is 12.8 Å². The summed E-state index contributed by atoms with van der Waals surface area (Å²) in [5.41, 5.74) is 5.63. The molecule has 2 N–H and O–H groups in total. The molecule has 2 rings (SSSR count). The van der Waals surface area contributed by atoms with Crippen LogP contribution in [0.15, 0.2) is 4.52 Å². The van der Waals surface area contributed by atoms with Crippen LogP contribution in [-0.2, 0) is 10.2 Å². The maximum Gasteiger partial charge on any atom is 0.234 e. The maximum atomic E-state index is 5.75. The summed E-state index contributed by atoms with van der Waals surface area (Å²) in [5.74, 6) is 1.29. The highest BCUT2D eigenvalue weighted by Crippen LogP contribution is 2.47. The zero-order valence-corrected chi connectivity index (χ0v) is 11.0. The van der Waals surface area contributed by atoms with Crippen molar-refractivity contribution in [3.05, 3.63) is 11.7 Å². The zero-order valence-electron chi connectivity index (χ0n) is 11.0. The highest BCUT2D eigenvalue weighted by atomic mass is 16.5. The summed E-state index contributed by atoms with van der Waals surface area (Å²) in [6, 6.07) is 0. The lowest BCUT2D eigenvalue weighted by molar-refractivity contribution is 0.00718. The lowest BCUT2D eigenvalue weighted by Gasteiger charge is -2.26. The molecule has 96 valence electrons. The summed E-state index contributed by atoms with van der Waals surface area (Å²) in [4.78, 5) is 4.47. The summed E-state index contributed by atoms with van der Waals surface area (Å²) in [6.45, 7) is 6.84. The number of nitrogens with two attached hydrogens (primary N) is 1. The topological polar surface area (TPSA) is 74.2 Å². The fraction of sp³-hybridized carbons (Fsp3) is 0.833. The van der Waals surface area contributed by atoms with Gasteiger partial charge in [0.1, 0.15) is 6.10 Å². The van der Waals surface area contributed by atoms with Crippen LogP contribution < -0.4 is 5.73 Å². The predicted octanol–water partition coefficient (Wildman–Crippen LogP) is 1.79. The summed E-state index contributed by atoms with van der Waals surface area (Å²) in [6.07, 6.45) is 1.92. The van der Waals surface area contributed by atoms with E-state index in [4.69, 9.17) is 15.0 Å². The Balaban J connectivity index is 2.23. The molecule has 0 bridgehead atoms. The lowest BCUT2D eigenvalue weighted by Crippen LogP contribution is -2.22. The third-order valence-corrected chi connectivity index (χ3v) is 3.40. The molecular weight excluding hydrogens is 218 g/mol. The van der Waals surface area contributed by atoms with Crippen molar-refractivity contribution in [2.75, 3.05) is 13.7 Å². The number of methoxy groups -OCH3 is 1. The lowest BCUT2D eigenvalue weighted by atomic mass is 9.88. The van der Waals surface area contributed by atoms with Crippen LogP contribution >= 0.6 is 0 Å². The molecule has 0 amide bonds. The van der Waals surface area contributed by atoms with Gasteiger partial charge in [0.05, 0.1) is 5.41 Å². The van der Waals surface area contributed by atoms with Gasteiger partial charge in [-0.3, -0.25) is 0 Å². The van der Waals surface area contributed by atoms with E-state index in [1.807, 2.05) is 0 Å². The molecule has 0 spiro atoms. The highest BCUT2D eigenvalue weighted by molar-refractivity contribution is 5.16. The van der Waals surface area contributed by atoms with E-state index >= 15 is 0 Å². The minimum Gasteiger partial charge on any atom is -0.373 e. The van der Waals surface area contributed by atoms with Crippen LogP contribution in [0, 0.1) is 5.41 Å². The van der Waals surface area contributed by atoms with Gasteiger partial charge < -0.3 is 15.0 Å². The van der Waals surface area contributed by atoms with Gasteiger partial charge in [0, 0.05) is 13.7 Å². The van der Waals surface area contributed by atoms with Crippen LogP contribution in [0.5, 0.6) is 0 Å². The standard InChI is InChI=1S/C12H21N3O2/c1-11(2,3)8(16-4)9-14-10(17-15-9)12(7-13)5-6-12/h8H,5-7,13H2,1-4H3. The van der Waals surface area contributed by atoms with E-state index in [1.165, 1.54) is 0 Å². The van der Waals surface area contributed by atoms with Gasteiger partial charge in [-0.05, 0) is 18.3 Å². The van der Waals surface area contributed by atoms with Crippen molar-refractivity contribution in [2.45, 2.75) is 45.1 Å². The molecule has 0 aromatic carbocycles. The second kappa shape index (κ2) is 4.07. The van der Waals surface area contributed by atoms with Gasteiger partial charge in [0.2, 0.25) is 11.7 Å². The summed E-state index contributed by atoms with van der Waals surface area (Å²) >= 11 is 0. The molecule has 5 nitrogen and oxygen atoms in total. The summed E-state index contributed by atoms with van der Waals surface area (Å²) in [5, 5.41) is 4.04. The monoisotopic (exact) mass is 239 g/mol. The number of rotatable bonds is 4. The Kier molecular flexibility index (Phi) is 2.99. The molecule has 1 aromatic heterocycles. The Morgan fingerprint density at radius 2 is 2.12 bits per heavy atom. The molecule has 0 aliphatic heterocycles. The Morgan fingerprint density at radius 1 is 1.47 bits per heavy atom. The third kappa shape index (κ3) is 2.21. The van der Waals surface area contributed by atoms with Crippen molar-refractivity contribution >= 4 is 0 Å². The van der Waals surface area contributed by atoms with Gasteiger partial charge >= 0.3 is 0 Å². The van der Waals surface area contributed by atoms with Crippen LogP contribution in [0.2, 0.25) is 0 Å². The van der Waals surface area contributed by atoms with E-state index in [9.17, 15) is 0 Å².